The lowest BCUT2D eigenvalue weighted by Crippen LogP contribution is -2.12. The number of nitrogens with zero attached hydrogens (tertiary/aromatic N) is 2. The Bertz CT molecular complexity index is 1310. The molecule has 4 rings (SSSR count). The van der Waals surface area contributed by atoms with Crippen LogP contribution in [0.4, 0.5) is 4.39 Å². The van der Waals surface area contributed by atoms with Gasteiger partial charge in [-0.1, -0.05) is 18.2 Å². The molecule has 0 radical (unpaired) electrons. The molecular formula is C20H13FN2O4S. The molecule has 0 bridgehead atoms. The van der Waals surface area contributed by atoms with Gasteiger partial charge < -0.3 is 5.11 Å². The Morgan fingerprint density at radius 2 is 1.68 bits per heavy atom. The molecule has 28 heavy (non-hydrogen) atoms. The second-order valence-electron chi connectivity index (χ2n) is 6.03. The number of pyridine rings is 1. The van der Waals surface area contributed by atoms with Gasteiger partial charge in [0.1, 0.15) is 0 Å². The number of hydrogen-bond acceptors (Lipinski definition) is 4. The van der Waals surface area contributed by atoms with E-state index in [1.807, 2.05) is 0 Å². The molecule has 6 nitrogen and oxygen atoms in total. The highest BCUT2D eigenvalue weighted by molar-refractivity contribution is 7.90. The van der Waals surface area contributed by atoms with E-state index in [4.69, 9.17) is 5.11 Å². The number of carboxylic acids is 1. The average Bonchev–Trinajstić information content (AvgIpc) is 3.09. The number of benzene rings is 2. The molecule has 0 aliphatic rings. The summed E-state index contributed by atoms with van der Waals surface area (Å²) in [6, 6.07) is 14.8. The van der Waals surface area contributed by atoms with E-state index in [1.165, 1.54) is 42.7 Å². The zero-order valence-corrected chi connectivity index (χ0v) is 15.1. The maximum atomic E-state index is 14.2. The fourth-order valence-electron chi connectivity index (χ4n) is 3.03. The first-order valence-corrected chi connectivity index (χ1v) is 9.63. The maximum absolute atomic E-state index is 14.2. The molecule has 2 aromatic carbocycles. The van der Waals surface area contributed by atoms with E-state index >= 15 is 0 Å². The number of rotatable bonds is 4. The smallest absolute Gasteiger partial charge is 0.335 e. The number of para-hydroxylation sites is 1. The summed E-state index contributed by atoms with van der Waals surface area (Å²) in [6.45, 7) is 0. The van der Waals surface area contributed by atoms with Gasteiger partial charge in [0.15, 0.2) is 0 Å². The van der Waals surface area contributed by atoms with Gasteiger partial charge in [-0.05, 0) is 42.5 Å². The Kier molecular flexibility index (Phi) is 4.20. The van der Waals surface area contributed by atoms with Gasteiger partial charge in [0, 0.05) is 28.9 Å². The molecule has 8 heteroatoms. The van der Waals surface area contributed by atoms with Crippen molar-refractivity contribution in [2.75, 3.05) is 0 Å². The van der Waals surface area contributed by atoms with Gasteiger partial charge in [0.2, 0.25) is 5.95 Å². The number of fused-ring (bicyclic) bond motifs is 1. The fraction of sp³-hybridized carbons (Fsp3) is 0. The Morgan fingerprint density at radius 3 is 2.36 bits per heavy atom. The summed E-state index contributed by atoms with van der Waals surface area (Å²) >= 11 is 0. The van der Waals surface area contributed by atoms with Crippen molar-refractivity contribution in [1.82, 2.24) is 8.96 Å². The van der Waals surface area contributed by atoms with E-state index in [0.717, 1.165) is 3.97 Å². The predicted octanol–water partition coefficient (Wildman–Crippen LogP) is 3.78. The van der Waals surface area contributed by atoms with Gasteiger partial charge in [-0.15, -0.1) is 0 Å². The van der Waals surface area contributed by atoms with Crippen LogP contribution in [0.3, 0.4) is 0 Å². The van der Waals surface area contributed by atoms with Crippen molar-refractivity contribution < 1.29 is 22.7 Å². The number of carboxylic acid groups (broad SMARTS) is 1. The zero-order chi connectivity index (χ0) is 19.9. The molecule has 0 atom stereocenters. The number of halogens is 1. The molecule has 1 N–H and O–H groups in total. The molecule has 0 spiro atoms. The topological polar surface area (TPSA) is 89.3 Å². The van der Waals surface area contributed by atoms with Crippen LogP contribution in [0.1, 0.15) is 10.4 Å². The molecule has 0 aliphatic carbocycles. The molecule has 2 aromatic heterocycles. The third-order valence-electron chi connectivity index (χ3n) is 4.39. The van der Waals surface area contributed by atoms with Gasteiger partial charge in [0.05, 0.1) is 16.0 Å². The van der Waals surface area contributed by atoms with E-state index < -0.39 is 21.9 Å². The SMILES string of the molecule is O=C(O)c1ccc(S(=O)(=O)n2cc(-c3cccnc3F)c3ccccc32)cc1. The summed E-state index contributed by atoms with van der Waals surface area (Å²) in [5.74, 6) is -1.85. The van der Waals surface area contributed by atoms with Gasteiger partial charge in [0.25, 0.3) is 10.0 Å². The first kappa shape index (κ1) is 17.9. The number of aromatic nitrogens is 2. The molecule has 0 aliphatic heterocycles. The van der Waals surface area contributed by atoms with Crippen molar-refractivity contribution >= 4 is 26.9 Å². The lowest BCUT2D eigenvalue weighted by molar-refractivity contribution is 0.0696. The van der Waals surface area contributed by atoms with Gasteiger partial charge >= 0.3 is 5.97 Å². The van der Waals surface area contributed by atoms with Crippen molar-refractivity contribution in [2.45, 2.75) is 4.90 Å². The second-order valence-corrected chi connectivity index (χ2v) is 7.85. The molecule has 0 saturated heterocycles. The van der Waals surface area contributed by atoms with E-state index in [9.17, 15) is 17.6 Å². The molecule has 0 saturated carbocycles. The largest absolute Gasteiger partial charge is 0.478 e. The van der Waals surface area contributed by atoms with Crippen LogP contribution in [0.2, 0.25) is 0 Å². The normalized spacial score (nSPS) is 11.6. The summed E-state index contributed by atoms with van der Waals surface area (Å²) in [5.41, 5.74) is 0.943. The molecule has 4 aromatic rings. The minimum Gasteiger partial charge on any atom is -0.478 e. The summed E-state index contributed by atoms with van der Waals surface area (Å²) in [4.78, 5) is 14.6. The third kappa shape index (κ3) is 2.84. The molecule has 0 fully saturated rings. The quantitative estimate of drug-likeness (QED) is 0.530. The van der Waals surface area contributed by atoms with Gasteiger partial charge in [-0.25, -0.2) is 22.2 Å². The van der Waals surface area contributed by atoms with E-state index in [0.29, 0.717) is 16.5 Å². The summed E-state index contributed by atoms with van der Waals surface area (Å²) in [5, 5.41) is 9.55. The van der Waals surface area contributed by atoms with Crippen molar-refractivity contribution in [3.8, 4) is 11.1 Å². The van der Waals surface area contributed by atoms with Crippen LogP contribution in [-0.4, -0.2) is 28.5 Å². The lowest BCUT2D eigenvalue weighted by atomic mass is 10.1. The number of aromatic carboxylic acids is 1. The van der Waals surface area contributed by atoms with Crippen LogP contribution in [0.15, 0.2) is 78.0 Å². The minimum atomic E-state index is -4.03. The van der Waals surface area contributed by atoms with Crippen LogP contribution < -0.4 is 0 Å². The van der Waals surface area contributed by atoms with Crippen LogP contribution in [0, 0.1) is 5.95 Å². The minimum absolute atomic E-state index is 0.0190. The third-order valence-corrected chi connectivity index (χ3v) is 6.07. The van der Waals surface area contributed by atoms with Crippen LogP contribution >= 0.6 is 0 Å². The van der Waals surface area contributed by atoms with Crippen molar-refractivity contribution in [1.29, 1.82) is 0 Å². The first-order chi connectivity index (χ1) is 13.4. The highest BCUT2D eigenvalue weighted by Gasteiger charge is 2.23. The van der Waals surface area contributed by atoms with Crippen LogP contribution in [-0.2, 0) is 10.0 Å². The lowest BCUT2D eigenvalue weighted by Gasteiger charge is -2.07. The van der Waals surface area contributed by atoms with E-state index in [1.54, 1.807) is 30.3 Å². The van der Waals surface area contributed by atoms with Gasteiger partial charge in [-0.2, -0.15) is 4.39 Å². The number of hydrogen-bond donors (Lipinski definition) is 1. The summed E-state index contributed by atoms with van der Waals surface area (Å²) in [7, 11) is -4.03. The van der Waals surface area contributed by atoms with E-state index in [2.05, 4.69) is 4.98 Å². The van der Waals surface area contributed by atoms with Crippen molar-refractivity contribution in [2.24, 2.45) is 0 Å². The maximum Gasteiger partial charge on any atom is 0.335 e. The fourth-order valence-corrected chi connectivity index (χ4v) is 4.40. The average molecular weight is 396 g/mol. The van der Waals surface area contributed by atoms with Crippen molar-refractivity contribution in [3.63, 3.8) is 0 Å². The van der Waals surface area contributed by atoms with Gasteiger partial charge in [-0.3, -0.25) is 0 Å². The van der Waals surface area contributed by atoms with Crippen LogP contribution in [0.5, 0.6) is 0 Å². The van der Waals surface area contributed by atoms with Crippen LogP contribution in [0.25, 0.3) is 22.0 Å². The Morgan fingerprint density at radius 1 is 0.964 bits per heavy atom. The zero-order valence-electron chi connectivity index (χ0n) is 14.3. The summed E-state index contributed by atoms with van der Waals surface area (Å²) in [6.07, 6.45) is 2.67. The standard InChI is InChI=1S/C20H13FN2O4S/c21-19-16(5-3-11-22-19)17-12-23(18-6-2-1-4-15(17)18)28(26,27)14-9-7-13(8-10-14)20(24)25/h1-12H,(H,24,25). The highest BCUT2D eigenvalue weighted by Crippen LogP contribution is 2.33. The number of carbonyl (C=O) groups is 1. The molecule has 0 amide bonds. The van der Waals surface area contributed by atoms with Crippen molar-refractivity contribution in [3.05, 3.63) is 84.6 Å². The Labute approximate surface area is 159 Å². The second kappa shape index (κ2) is 6.58. The molecule has 2 heterocycles. The predicted molar refractivity (Wildman–Crippen MR) is 101 cm³/mol. The monoisotopic (exact) mass is 396 g/mol. The molecule has 0 unspecified atom stereocenters. The highest BCUT2D eigenvalue weighted by atomic mass is 32.2. The first-order valence-electron chi connectivity index (χ1n) is 8.19. The summed E-state index contributed by atoms with van der Waals surface area (Å²) < 4.78 is 41.6. The Balaban J connectivity index is 1.94. The Hall–Kier alpha value is -3.52. The van der Waals surface area contributed by atoms with E-state index in [-0.39, 0.29) is 16.0 Å². The molecule has 140 valence electrons. The molecular weight excluding hydrogens is 383 g/mol.